The highest BCUT2D eigenvalue weighted by Crippen LogP contribution is 2.22. The summed E-state index contributed by atoms with van der Waals surface area (Å²) in [4.78, 5) is 23.9. The second kappa shape index (κ2) is 6.18. The van der Waals surface area contributed by atoms with Gasteiger partial charge in [0.25, 0.3) is 5.91 Å². The molecule has 0 bridgehead atoms. The molecular formula is C15H8N8O3. The maximum absolute atomic E-state index is 12.4. The van der Waals surface area contributed by atoms with Crippen molar-refractivity contribution in [3.05, 3.63) is 40.6 Å². The molecule has 126 valence electrons. The standard InChI is InChI=1S/C15H8N8O3/c1-2-7-4-11(9(15(25)26)3-8(7)6-16)18-14(24)12-5-10(17)13-19-21-22-23(13)20-12/h1,3-5H,17H2,(H,18,24)(H,25,26). The Morgan fingerprint density at radius 2 is 2.08 bits per heavy atom. The van der Waals surface area contributed by atoms with Gasteiger partial charge in [-0.25, -0.2) is 4.79 Å². The molecule has 26 heavy (non-hydrogen) atoms. The van der Waals surface area contributed by atoms with E-state index in [1.807, 2.05) is 0 Å². The summed E-state index contributed by atoms with van der Waals surface area (Å²) in [7, 11) is 0. The summed E-state index contributed by atoms with van der Waals surface area (Å²) in [6.07, 6.45) is 5.32. The molecule has 0 aliphatic carbocycles. The van der Waals surface area contributed by atoms with E-state index in [1.165, 1.54) is 12.1 Å². The molecule has 0 saturated carbocycles. The lowest BCUT2D eigenvalue weighted by Gasteiger charge is -2.10. The van der Waals surface area contributed by atoms with Crippen LogP contribution in [0, 0.1) is 23.7 Å². The third-order valence-corrected chi connectivity index (χ3v) is 3.35. The summed E-state index contributed by atoms with van der Waals surface area (Å²) >= 11 is 0. The van der Waals surface area contributed by atoms with E-state index >= 15 is 0 Å². The van der Waals surface area contributed by atoms with Crippen molar-refractivity contribution in [2.45, 2.75) is 0 Å². The van der Waals surface area contributed by atoms with Crippen molar-refractivity contribution in [3.63, 3.8) is 0 Å². The Labute approximate surface area is 145 Å². The van der Waals surface area contributed by atoms with Crippen LogP contribution < -0.4 is 11.1 Å². The number of carboxylic acids is 1. The van der Waals surface area contributed by atoms with Gasteiger partial charge in [0.2, 0.25) is 5.65 Å². The highest BCUT2D eigenvalue weighted by molar-refractivity contribution is 6.07. The van der Waals surface area contributed by atoms with E-state index in [-0.39, 0.29) is 39.4 Å². The molecule has 2 aromatic heterocycles. The van der Waals surface area contributed by atoms with Gasteiger partial charge in [-0.3, -0.25) is 4.79 Å². The predicted molar refractivity (Wildman–Crippen MR) is 87.0 cm³/mol. The van der Waals surface area contributed by atoms with Gasteiger partial charge in [-0.1, -0.05) is 5.92 Å². The average Bonchev–Trinajstić information content (AvgIpc) is 3.10. The molecule has 0 aliphatic heterocycles. The van der Waals surface area contributed by atoms with Gasteiger partial charge in [0, 0.05) is 5.56 Å². The molecule has 3 aromatic rings. The number of terminal acetylenes is 1. The highest BCUT2D eigenvalue weighted by atomic mass is 16.4. The lowest BCUT2D eigenvalue weighted by atomic mass is 10.0. The lowest BCUT2D eigenvalue weighted by molar-refractivity contribution is 0.0698. The number of anilines is 2. The Hall–Kier alpha value is -4.51. The number of nitrogens with two attached hydrogens (primary N) is 1. The number of carbonyl (C=O) groups excluding carboxylic acids is 1. The van der Waals surface area contributed by atoms with Crippen molar-refractivity contribution < 1.29 is 14.7 Å². The third kappa shape index (κ3) is 2.72. The number of carbonyl (C=O) groups is 2. The zero-order valence-corrected chi connectivity index (χ0v) is 12.8. The van der Waals surface area contributed by atoms with Crippen LogP contribution in [0.5, 0.6) is 0 Å². The first kappa shape index (κ1) is 16.4. The maximum atomic E-state index is 12.4. The van der Waals surface area contributed by atoms with Crippen LogP contribution in [0.1, 0.15) is 32.0 Å². The van der Waals surface area contributed by atoms with Gasteiger partial charge in [-0.2, -0.15) is 5.26 Å². The third-order valence-electron chi connectivity index (χ3n) is 3.35. The number of hydrogen-bond donors (Lipinski definition) is 3. The molecule has 0 saturated heterocycles. The zero-order valence-electron chi connectivity index (χ0n) is 12.8. The van der Waals surface area contributed by atoms with Gasteiger partial charge in [-0.05, 0) is 28.6 Å². The van der Waals surface area contributed by atoms with Crippen molar-refractivity contribution in [2.75, 3.05) is 11.1 Å². The van der Waals surface area contributed by atoms with Gasteiger partial charge >= 0.3 is 5.97 Å². The molecule has 11 heteroatoms. The fraction of sp³-hybridized carbons (Fsp3) is 0. The monoisotopic (exact) mass is 348 g/mol. The van der Waals surface area contributed by atoms with Gasteiger partial charge in [-0.15, -0.1) is 21.3 Å². The first-order chi connectivity index (χ1) is 12.4. The molecule has 0 aliphatic rings. The Kier molecular flexibility index (Phi) is 3.89. The minimum Gasteiger partial charge on any atom is -0.478 e. The summed E-state index contributed by atoms with van der Waals surface area (Å²) in [5.74, 6) is 0.159. The van der Waals surface area contributed by atoms with Crippen LogP contribution in [0.4, 0.5) is 11.4 Å². The number of aromatic carboxylic acids is 1. The minimum atomic E-state index is -1.34. The second-order valence-corrected chi connectivity index (χ2v) is 4.94. The van der Waals surface area contributed by atoms with Crippen LogP contribution in [0.2, 0.25) is 0 Å². The molecule has 0 radical (unpaired) electrons. The largest absolute Gasteiger partial charge is 0.478 e. The first-order valence-corrected chi connectivity index (χ1v) is 6.89. The van der Waals surface area contributed by atoms with Crippen LogP contribution in [0.25, 0.3) is 5.65 Å². The van der Waals surface area contributed by atoms with Crippen LogP contribution in [-0.4, -0.2) is 42.2 Å². The Balaban J connectivity index is 2.04. The number of nitrogens with one attached hydrogen (secondary N) is 1. The Morgan fingerprint density at radius 3 is 2.73 bits per heavy atom. The number of carboxylic acid groups (broad SMARTS) is 1. The lowest BCUT2D eigenvalue weighted by Crippen LogP contribution is -2.18. The second-order valence-electron chi connectivity index (χ2n) is 4.94. The van der Waals surface area contributed by atoms with E-state index in [9.17, 15) is 14.7 Å². The van der Waals surface area contributed by atoms with E-state index < -0.39 is 11.9 Å². The summed E-state index contributed by atoms with van der Waals surface area (Å²) in [6.45, 7) is 0. The maximum Gasteiger partial charge on any atom is 0.337 e. The van der Waals surface area contributed by atoms with Crippen molar-refractivity contribution in [1.29, 1.82) is 5.26 Å². The Bertz CT molecular complexity index is 1150. The number of rotatable bonds is 3. The van der Waals surface area contributed by atoms with Crippen LogP contribution in [0.15, 0.2) is 18.2 Å². The molecule has 1 amide bonds. The smallest absolute Gasteiger partial charge is 0.337 e. The number of nitriles is 1. The van der Waals surface area contributed by atoms with Crippen LogP contribution in [-0.2, 0) is 0 Å². The van der Waals surface area contributed by atoms with E-state index in [0.29, 0.717) is 0 Å². The molecule has 11 nitrogen and oxygen atoms in total. The Morgan fingerprint density at radius 1 is 1.31 bits per heavy atom. The van der Waals surface area contributed by atoms with E-state index in [1.54, 1.807) is 6.07 Å². The van der Waals surface area contributed by atoms with Crippen LogP contribution >= 0.6 is 0 Å². The number of tetrazole rings is 1. The van der Waals surface area contributed by atoms with E-state index in [4.69, 9.17) is 17.4 Å². The molecule has 0 unspecified atom stereocenters. The summed E-state index contributed by atoms with van der Waals surface area (Å²) in [6, 6.07) is 5.35. The topological polar surface area (TPSA) is 172 Å². The van der Waals surface area contributed by atoms with Gasteiger partial charge in [0.1, 0.15) is 6.07 Å². The molecule has 0 spiro atoms. The van der Waals surface area contributed by atoms with Gasteiger partial charge in [0.05, 0.1) is 22.5 Å². The first-order valence-electron chi connectivity index (χ1n) is 6.89. The molecule has 4 N–H and O–H groups in total. The average molecular weight is 348 g/mol. The number of aromatic nitrogens is 5. The molecule has 3 rings (SSSR count). The predicted octanol–water partition coefficient (Wildman–Crippen LogP) is -0.0950. The number of benzene rings is 1. The number of nitrogens with zero attached hydrogens (tertiary/aromatic N) is 6. The molecule has 2 heterocycles. The SMILES string of the molecule is C#Cc1cc(NC(=O)c2cc(N)c3nnnn3n2)c(C(=O)O)cc1C#N. The van der Waals surface area contributed by atoms with Gasteiger partial charge in [0.15, 0.2) is 5.69 Å². The fourth-order valence-corrected chi connectivity index (χ4v) is 2.16. The number of amides is 1. The zero-order chi connectivity index (χ0) is 18.8. The van der Waals surface area contributed by atoms with Crippen molar-refractivity contribution in [2.24, 2.45) is 0 Å². The van der Waals surface area contributed by atoms with Crippen LogP contribution in [0.3, 0.4) is 0 Å². The fourth-order valence-electron chi connectivity index (χ4n) is 2.16. The molecule has 0 atom stereocenters. The van der Waals surface area contributed by atoms with E-state index in [0.717, 1.165) is 10.7 Å². The molecular weight excluding hydrogens is 340 g/mol. The summed E-state index contributed by atoms with van der Waals surface area (Å²) in [5, 5.41) is 35.2. The normalized spacial score (nSPS) is 10.1. The van der Waals surface area contributed by atoms with Crippen molar-refractivity contribution >= 4 is 28.9 Å². The van der Waals surface area contributed by atoms with Crippen molar-refractivity contribution in [3.8, 4) is 18.4 Å². The summed E-state index contributed by atoms with van der Waals surface area (Å²) < 4.78 is 0.966. The quantitative estimate of drug-likeness (QED) is 0.546. The molecule has 0 fully saturated rings. The highest BCUT2D eigenvalue weighted by Gasteiger charge is 2.19. The number of hydrogen-bond acceptors (Lipinski definition) is 8. The van der Waals surface area contributed by atoms with Gasteiger partial charge < -0.3 is 16.2 Å². The minimum absolute atomic E-state index is 0.000350. The number of nitrogen functional groups attached to an aromatic ring is 1. The molecule has 1 aromatic carbocycles. The number of fused-ring (bicyclic) bond motifs is 1. The van der Waals surface area contributed by atoms with Crippen molar-refractivity contribution in [1.82, 2.24) is 25.3 Å². The van der Waals surface area contributed by atoms with E-state index in [2.05, 4.69) is 31.9 Å². The summed E-state index contributed by atoms with van der Waals surface area (Å²) in [5.41, 5.74) is 5.63.